The number of hydrogen-bond donors (Lipinski definition) is 2. The van der Waals surface area contributed by atoms with Gasteiger partial charge in [0.2, 0.25) is 5.56 Å². The van der Waals surface area contributed by atoms with Crippen LogP contribution in [0.25, 0.3) is 10.9 Å². The van der Waals surface area contributed by atoms with E-state index in [9.17, 15) is 14.4 Å². The zero-order valence-electron chi connectivity index (χ0n) is 15.9. The minimum atomic E-state index is -1.05. The number of carbonyl (C=O) groups is 2. The van der Waals surface area contributed by atoms with Gasteiger partial charge in [-0.1, -0.05) is 25.1 Å². The molecular formula is C20H22N4O4. The summed E-state index contributed by atoms with van der Waals surface area (Å²) in [6.07, 6.45) is 1.40. The number of fused-ring (bicyclic) bond motifs is 1. The van der Waals surface area contributed by atoms with E-state index in [1.54, 1.807) is 41.2 Å². The zero-order chi connectivity index (χ0) is 20.3. The molecule has 0 aliphatic rings. The Labute approximate surface area is 161 Å². The predicted molar refractivity (Wildman–Crippen MR) is 105 cm³/mol. The molecule has 28 heavy (non-hydrogen) atoms. The number of aromatic amines is 1. The summed E-state index contributed by atoms with van der Waals surface area (Å²) in [5.74, 6) is -0.684. The Morgan fingerprint density at radius 1 is 1.25 bits per heavy atom. The van der Waals surface area contributed by atoms with Crippen LogP contribution in [0.1, 0.15) is 43.6 Å². The minimum Gasteiger partial charge on any atom is -0.449 e. The van der Waals surface area contributed by atoms with Crippen LogP contribution in [0.2, 0.25) is 0 Å². The summed E-state index contributed by atoms with van der Waals surface area (Å²) in [5.41, 5.74) is 0.223. The first kappa shape index (κ1) is 19.3. The Morgan fingerprint density at radius 3 is 2.75 bits per heavy atom. The average molecular weight is 382 g/mol. The quantitative estimate of drug-likeness (QED) is 0.638. The van der Waals surface area contributed by atoms with Gasteiger partial charge < -0.3 is 15.0 Å². The minimum absolute atomic E-state index is 0.114. The molecule has 0 unspecified atom stereocenters. The number of pyridine rings is 1. The third kappa shape index (κ3) is 3.95. The maximum atomic E-state index is 12.6. The lowest BCUT2D eigenvalue weighted by molar-refractivity contribution is -0.123. The second-order valence-electron chi connectivity index (χ2n) is 6.55. The van der Waals surface area contributed by atoms with Crippen molar-refractivity contribution in [2.24, 2.45) is 0 Å². The highest BCUT2D eigenvalue weighted by Gasteiger charge is 2.22. The Bertz CT molecular complexity index is 1070. The van der Waals surface area contributed by atoms with Crippen molar-refractivity contribution in [3.8, 4) is 0 Å². The number of ether oxygens (including phenoxy) is 1. The van der Waals surface area contributed by atoms with Crippen LogP contribution < -0.4 is 10.9 Å². The molecule has 146 valence electrons. The number of carbonyl (C=O) groups excluding carboxylic acids is 2. The molecule has 0 fully saturated rings. The molecule has 0 aliphatic heterocycles. The third-order valence-electron chi connectivity index (χ3n) is 4.55. The van der Waals surface area contributed by atoms with Gasteiger partial charge in [0.15, 0.2) is 6.10 Å². The first-order valence-corrected chi connectivity index (χ1v) is 9.08. The fourth-order valence-corrected chi connectivity index (χ4v) is 2.82. The van der Waals surface area contributed by atoms with E-state index in [-0.39, 0.29) is 11.6 Å². The van der Waals surface area contributed by atoms with E-state index in [2.05, 4.69) is 15.4 Å². The van der Waals surface area contributed by atoms with Crippen molar-refractivity contribution in [2.45, 2.75) is 39.3 Å². The van der Waals surface area contributed by atoms with Crippen LogP contribution >= 0.6 is 0 Å². The Kier molecular flexibility index (Phi) is 5.58. The standard InChI is InChI=1S/C20H22N4O4/c1-4-12(2)24-17(9-10-21-24)23-19(26)13(3)28-20(27)15-11-18(25)22-16-8-6-5-7-14(15)16/h5-13H,4H2,1-3H3,(H,22,25)(H,23,26)/t12-,13-/m1/s1. The van der Waals surface area contributed by atoms with Crippen molar-refractivity contribution >= 4 is 28.6 Å². The molecule has 0 spiro atoms. The Hall–Kier alpha value is -3.42. The topological polar surface area (TPSA) is 106 Å². The molecule has 0 bridgehead atoms. The number of hydrogen-bond acceptors (Lipinski definition) is 5. The maximum absolute atomic E-state index is 12.6. The van der Waals surface area contributed by atoms with E-state index in [0.717, 1.165) is 6.42 Å². The van der Waals surface area contributed by atoms with Gasteiger partial charge in [0.1, 0.15) is 5.82 Å². The lowest BCUT2D eigenvalue weighted by Crippen LogP contribution is -2.31. The Morgan fingerprint density at radius 2 is 2.00 bits per heavy atom. The van der Waals surface area contributed by atoms with Crippen molar-refractivity contribution < 1.29 is 14.3 Å². The van der Waals surface area contributed by atoms with E-state index >= 15 is 0 Å². The molecule has 3 aromatic rings. The number of para-hydroxylation sites is 1. The Balaban J connectivity index is 1.75. The summed E-state index contributed by atoms with van der Waals surface area (Å²) in [5, 5.41) is 7.49. The van der Waals surface area contributed by atoms with Gasteiger partial charge in [-0.2, -0.15) is 5.10 Å². The number of amides is 1. The first-order chi connectivity index (χ1) is 13.4. The van der Waals surface area contributed by atoms with Crippen LogP contribution in [0.5, 0.6) is 0 Å². The van der Waals surface area contributed by atoms with Crippen LogP contribution in [-0.2, 0) is 9.53 Å². The molecule has 2 N–H and O–H groups in total. The van der Waals surface area contributed by atoms with E-state index in [1.807, 2.05) is 13.8 Å². The number of esters is 1. The van der Waals surface area contributed by atoms with Crippen LogP contribution in [0.4, 0.5) is 5.82 Å². The van der Waals surface area contributed by atoms with Gasteiger partial charge in [0, 0.05) is 23.0 Å². The molecule has 2 atom stereocenters. The van der Waals surface area contributed by atoms with Gasteiger partial charge in [-0.05, 0) is 26.3 Å². The summed E-state index contributed by atoms with van der Waals surface area (Å²) in [4.78, 5) is 39.5. The highest BCUT2D eigenvalue weighted by atomic mass is 16.5. The molecule has 8 heteroatoms. The number of benzene rings is 1. The van der Waals surface area contributed by atoms with Crippen molar-refractivity contribution in [3.05, 3.63) is 58.5 Å². The van der Waals surface area contributed by atoms with Crippen molar-refractivity contribution in [2.75, 3.05) is 5.32 Å². The lowest BCUT2D eigenvalue weighted by Gasteiger charge is -2.17. The van der Waals surface area contributed by atoms with Crippen LogP contribution in [0, 0.1) is 0 Å². The van der Waals surface area contributed by atoms with Gasteiger partial charge >= 0.3 is 5.97 Å². The molecule has 0 saturated carbocycles. The molecule has 2 heterocycles. The maximum Gasteiger partial charge on any atom is 0.339 e. The van der Waals surface area contributed by atoms with Crippen molar-refractivity contribution in [1.29, 1.82) is 0 Å². The summed E-state index contributed by atoms with van der Waals surface area (Å²) >= 11 is 0. The number of anilines is 1. The fraction of sp³-hybridized carbons (Fsp3) is 0.300. The molecule has 3 rings (SSSR count). The summed E-state index contributed by atoms with van der Waals surface area (Å²) < 4.78 is 7.01. The molecule has 1 aromatic carbocycles. The van der Waals surface area contributed by atoms with E-state index in [4.69, 9.17) is 4.74 Å². The summed E-state index contributed by atoms with van der Waals surface area (Å²) in [6, 6.07) is 9.88. The smallest absolute Gasteiger partial charge is 0.339 e. The number of nitrogens with one attached hydrogen (secondary N) is 2. The molecule has 0 radical (unpaired) electrons. The zero-order valence-corrected chi connectivity index (χ0v) is 15.9. The van der Waals surface area contributed by atoms with Gasteiger partial charge in [-0.25, -0.2) is 9.48 Å². The number of nitrogens with zero attached hydrogens (tertiary/aromatic N) is 2. The van der Waals surface area contributed by atoms with E-state index < -0.39 is 23.5 Å². The largest absolute Gasteiger partial charge is 0.449 e. The second kappa shape index (κ2) is 8.08. The first-order valence-electron chi connectivity index (χ1n) is 9.08. The molecule has 0 aliphatic carbocycles. The highest BCUT2D eigenvalue weighted by Crippen LogP contribution is 2.18. The van der Waals surface area contributed by atoms with E-state index in [0.29, 0.717) is 16.7 Å². The fourth-order valence-electron chi connectivity index (χ4n) is 2.82. The van der Waals surface area contributed by atoms with Crippen molar-refractivity contribution in [1.82, 2.24) is 14.8 Å². The molecule has 8 nitrogen and oxygen atoms in total. The lowest BCUT2D eigenvalue weighted by atomic mass is 10.1. The van der Waals surface area contributed by atoms with Gasteiger partial charge in [0.25, 0.3) is 5.91 Å². The van der Waals surface area contributed by atoms with E-state index in [1.165, 1.54) is 13.0 Å². The normalized spacial score (nSPS) is 13.1. The van der Waals surface area contributed by atoms with Crippen LogP contribution in [0.15, 0.2) is 47.4 Å². The van der Waals surface area contributed by atoms with Crippen LogP contribution in [0.3, 0.4) is 0 Å². The molecule has 0 saturated heterocycles. The summed E-state index contributed by atoms with van der Waals surface area (Å²) in [7, 11) is 0. The van der Waals surface area contributed by atoms with Gasteiger partial charge in [-0.15, -0.1) is 0 Å². The number of H-pyrrole nitrogens is 1. The highest BCUT2D eigenvalue weighted by molar-refractivity contribution is 6.04. The molecular weight excluding hydrogens is 360 g/mol. The molecule has 1 amide bonds. The number of rotatable bonds is 6. The van der Waals surface area contributed by atoms with Crippen LogP contribution in [-0.4, -0.2) is 32.7 Å². The van der Waals surface area contributed by atoms with Gasteiger partial charge in [0.05, 0.1) is 17.8 Å². The SMILES string of the molecule is CC[C@@H](C)n1nccc1NC(=O)[C@@H](C)OC(=O)c1cc(=O)[nH]c2ccccc12. The third-order valence-corrected chi connectivity index (χ3v) is 4.55. The second-order valence-corrected chi connectivity index (χ2v) is 6.55. The monoisotopic (exact) mass is 382 g/mol. The van der Waals surface area contributed by atoms with Crippen molar-refractivity contribution in [3.63, 3.8) is 0 Å². The average Bonchev–Trinajstić information content (AvgIpc) is 3.14. The molecule has 2 aromatic heterocycles. The van der Waals surface area contributed by atoms with Gasteiger partial charge in [-0.3, -0.25) is 9.59 Å². The predicted octanol–water partition coefficient (Wildman–Crippen LogP) is 2.88. The number of aromatic nitrogens is 3. The summed E-state index contributed by atoms with van der Waals surface area (Å²) in [6.45, 7) is 5.49.